The number of nitrogens with one attached hydrogen (secondary N) is 2. The fourth-order valence-corrected chi connectivity index (χ4v) is 3.23. The van der Waals surface area contributed by atoms with Crippen molar-refractivity contribution in [3.8, 4) is 0 Å². The zero-order chi connectivity index (χ0) is 20.7. The highest BCUT2D eigenvalue weighted by Gasteiger charge is 2.11. The van der Waals surface area contributed by atoms with Crippen LogP contribution in [0.25, 0.3) is 0 Å². The Morgan fingerprint density at radius 2 is 1.86 bits per heavy atom. The molecular formula is C21H34FIN6. The monoisotopic (exact) mass is 516 g/mol. The van der Waals surface area contributed by atoms with Crippen molar-refractivity contribution in [1.82, 2.24) is 20.4 Å². The van der Waals surface area contributed by atoms with Crippen molar-refractivity contribution in [2.75, 3.05) is 24.5 Å². The summed E-state index contributed by atoms with van der Waals surface area (Å²) >= 11 is 0. The smallest absolute Gasteiger partial charge is 0.191 e. The van der Waals surface area contributed by atoms with Gasteiger partial charge in [0.25, 0.3) is 0 Å². The van der Waals surface area contributed by atoms with Gasteiger partial charge in [-0.3, -0.25) is 4.68 Å². The van der Waals surface area contributed by atoms with Crippen LogP contribution in [0.5, 0.6) is 0 Å². The average molecular weight is 516 g/mol. The van der Waals surface area contributed by atoms with E-state index < -0.39 is 0 Å². The molecule has 0 saturated heterocycles. The molecule has 0 saturated carbocycles. The molecule has 6 nitrogen and oxygen atoms in total. The Kier molecular flexibility index (Phi) is 10.4. The molecule has 1 aromatic carbocycles. The summed E-state index contributed by atoms with van der Waals surface area (Å²) < 4.78 is 16.4. The van der Waals surface area contributed by atoms with Crippen LogP contribution >= 0.6 is 24.0 Å². The normalized spacial score (nSPS) is 11.2. The Bertz CT molecular complexity index is 814. The first-order chi connectivity index (χ1) is 13.4. The van der Waals surface area contributed by atoms with Gasteiger partial charge in [-0.05, 0) is 52.3 Å². The van der Waals surface area contributed by atoms with Crippen LogP contribution in [0.4, 0.5) is 10.1 Å². The molecule has 2 aromatic rings. The summed E-state index contributed by atoms with van der Waals surface area (Å²) in [7, 11) is 1.95. The maximum absolute atomic E-state index is 14.5. The van der Waals surface area contributed by atoms with Crippen molar-refractivity contribution in [3.05, 3.63) is 46.5 Å². The van der Waals surface area contributed by atoms with Crippen LogP contribution in [-0.4, -0.2) is 35.4 Å². The summed E-state index contributed by atoms with van der Waals surface area (Å²) in [5, 5.41) is 11.0. The molecule has 0 aliphatic carbocycles. The number of aryl methyl sites for hydroxylation is 2. The van der Waals surface area contributed by atoms with E-state index in [4.69, 9.17) is 0 Å². The van der Waals surface area contributed by atoms with Crippen molar-refractivity contribution in [2.24, 2.45) is 12.0 Å². The summed E-state index contributed by atoms with van der Waals surface area (Å²) in [5.41, 5.74) is 4.81. The molecule has 1 aromatic heterocycles. The molecule has 2 rings (SSSR count). The lowest BCUT2D eigenvalue weighted by atomic mass is 10.2. The third-order valence-corrected chi connectivity index (χ3v) is 4.97. The van der Waals surface area contributed by atoms with Crippen LogP contribution in [-0.2, 0) is 20.1 Å². The number of nitrogens with zero attached hydrogens (tertiary/aromatic N) is 4. The topological polar surface area (TPSA) is 57.5 Å². The van der Waals surface area contributed by atoms with Crippen LogP contribution in [0, 0.1) is 19.7 Å². The maximum Gasteiger partial charge on any atom is 0.191 e. The molecule has 0 spiro atoms. The summed E-state index contributed by atoms with van der Waals surface area (Å²) in [6.07, 6.45) is 0. The number of guanidine groups is 1. The van der Waals surface area contributed by atoms with E-state index in [2.05, 4.69) is 27.6 Å². The predicted octanol–water partition coefficient (Wildman–Crippen LogP) is 3.90. The third-order valence-electron chi connectivity index (χ3n) is 4.97. The number of rotatable bonds is 8. The summed E-state index contributed by atoms with van der Waals surface area (Å²) in [6, 6.07) is 5.37. The fourth-order valence-electron chi connectivity index (χ4n) is 3.23. The van der Waals surface area contributed by atoms with Crippen LogP contribution in [0.3, 0.4) is 0 Å². The van der Waals surface area contributed by atoms with E-state index >= 15 is 0 Å². The molecule has 0 bridgehead atoms. The van der Waals surface area contributed by atoms with Gasteiger partial charge in [-0.1, -0.05) is 6.07 Å². The van der Waals surface area contributed by atoms with Gasteiger partial charge in [0.2, 0.25) is 0 Å². The highest BCUT2D eigenvalue weighted by molar-refractivity contribution is 14.0. The molecule has 8 heteroatoms. The Balaban J connectivity index is 0.00000420. The minimum absolute atomic E-state index is 0. The zero-order valence-electron chi connectivity index (χ0n) is 18.3. The van der Waals surface area contributed by atoms with E-state index in [1.54, 1.807) is 6.07 Å². The van der Waals surface area contributed by atoms with Gasteiger partial charge in [-0.25, -0.2) is 9.38 Å². The molecule has 1 heterocycles. The van der Waals surface area contributed by atoms with E-state index in [1.807, 2.05) is 56.5 Å². The second-order valence-electron chi connectivity index (χ2n) is 6.78. The average Bonchev–Trinajstić information content (AvgIpc) is 2.91. The zero-order valence-corrected chi connectivity index (χ0v) is 20.7. The first kappa shape index (κ1) is 25.2. The number of aromatic nitrogens is 2. The lowest BCUT2D eigenvalue weighted by Crippen LogP contribution is -2.37. The molecular weight excluding hydrogens is 482 g/mol. The van der Waals surface area contributed by atoms with E-state index in [-0.39, 0.29) is 29.8 Å². The van der Waals surface area contributed by atoms with Gasteiger partial charge in [0.15, 0.2) is 5.96 Å². The van der Waals surface area contributed by atoms with Gasteiger partial charge in [0.05, 0.1) is 17.9 Å². The molecule has 0 fully saturated rings. The van der Waals surface area contributed by atoms with Gasteiger partial charge in [0.1, 0.15) is 5.82 Å². The summed E-state index contributed by atoms with van der Waals surface area (Å²) in [6.45, 7) is 13.5. The second kappa shape index (κ2) is 12.0. The number of halogens is 2. The van der Waals surface area contributed by atoms with E-state index in [9.17, 15) is 4.39 Å². The summed E-state index contributed by atoms with van der Waals surface area (Å²) in [4.78, 5) is 6.61. The number of hydrogen-bond donors (Lipinski definition) is 2. The minimum Gasteiger partial charge on any atom is -0.370 e. The standard InChI is InChI=1S/C21H33FN6.HI/c1-7-23-21(25-14-18-15(4)26-27(6)16(18)5)24-13-17-10-11-20(19(22)12-17)28(8-2)9-3;/h10-12H,7-9,13-14H2,1-6H3,(H2,23,24,25);1H. The molecule has 0 aliphatic rings. The molecule has 0 amide bonds. The van der Waals surface area contributed by atoms with Crippen LogP contribution in [0.15, 0.2) is 23.2 Å². The first-order valence-electron chi connectivity index (χ1n) is 9.95. The molecule has 2 N–H and O–H groups in total. The van der Waals surface area contributed by atoms with Crippen molar-refractivity contribution < 1.29 is 4.39 Å². The lowest BCUT2D eigenvalue weighted by molar-refractivity contribution is 0.617. The van der Waals surface area contributed by atoms with Gasteiger partial charge >= 0.3 is 0 Å². The van der Waals surface area contributed by atoms with Crippen LogP contribution in [0.1, 0.15) is 43.3 Å². The predicted molar refractivity (Wildman–Crippen MR) is 130 cm³/mol. The fraction of sp³-hybridized carbons (Fsp3) is 0.524. The summed E-state index contributed by atoms with van der Waals surface area (Å²) in [5.74, 6) is 0.509. The Morgan fingerprint density at radius 1 is 1.17 bits per heavy atom. The highest BCUT2D eigenvalue weighted by Crippen LogP contribution is 2.20. The lowest BCUT2D eigenvalue weighted by Gasteiger charge is -2.21. The van der Waals surface area contributed by atoms with Gasteiger partial charge < -0.3 is 15.5 Å². The first-order valence-corrected chi connectivity index (χ1v) is 9.95. The van der Waals surface area contributed by atoms with Gasteiger partial charge in [-0.2, -0.15) is 5.10 Å². The maximum atomic E-state index is 14.5. The molecule has 29 heavy (non-hydrogen) atoms. The van der Waals surface area contributed by atoms with Crippen molar-refractivity contribution >= 4 is 35.6 Å². The highest BCUT2D eigenvalue weighted by atomic mass is 127. The Labute approximate surface area is 191 Å². The molecule has 0 aliphatic heterocycles. The van der Waals surface area contributed by atoms with E-state index in [1.165, 1.54) is 5.56 Å². The Morgan fingerprint density at radius 3 is 2.38 bits per heavy atom. The molecule has 0 radical (unpaired) electrons. The molecule has 162 valence electrons. The van der Waals surface area contributed by atoms with Crippen molar-refractivity contribution in [2.45, 2.75) is 47.7 Å². The number of hydrogen-bond acceptors (Lipinski definition) is 3. The number of anilines is 1. The van der Waals surface area contributed by atoms with Crippen molar-refractivity contribution in [1.29, 1.82) is 0 Å². The number of benzene rings is 1. The van der Waals surface area contributed by atoms with E-state index in [0.717, 1.165) is 36.6 Å². The quantitative estimate of drug-likeness (QED) is 0.318. The SMILES string of the molecule is CCNC(=NCc1ccc(N(CC)CC)c(F)c1)NCc1c(C)nn(C)c1C.I. The van der Waals surface area contributed by atoms with Gasteiger partial charge in [-0.15, -0.1) is 24.0 Å². The van der Waals surface area contributed by atoms with Crippen LogP contribution < -0.4 is 15.5 Å². The second-order valence-corrected chi connectivity index (χ2v) is 6.78. The van der Waals surface area contributed by atoms with Gasteiger partial charge in [0, 0.05) is 44.5 Å². The molecule has 0 atom stereocenters. The third kappa shape index (κ3) is 6.58. The molecule has 0 unspecified atom stereocenters. The van der Waals surface area contributed by atoms with E-state index in [0.29, 0.717) is 24.7 Å². The largest absolute Gasteiger partial charge is 0.370 e. The van der Waals surface area contributed by atoms with Crippen LogP contribution in [0.2, 0.25) is 0 Å². The Hall–Kier alpha value is -1.84. The van der Waals surface area contributed by atoms with Crippen molar-refractivity contribution in [3.63, 3.8) is 0 Å². The minimum atomic E-state index is -0.198. The number of aliphatic imine (C=N–C) groups is 1.